The van der Waals surface area contributed by atoms with Crippen LogP contribution in [0, 0.1) is 0 Å². The molecule has 0 aliphatic heterocycles. The maximum atomic E-state index is 13.2. The lowest BCUT2D eigenvalue weighted by molar-refractivity contribution is -0.151. The van der Waals surface area contributed by atoms with Gasteiger partial charge in [0.15, 0.2) is 0 Å². The number of aliphatic hydroxyl groups excluding tert-OH is 2. The summed E-state index contributed by atoms with van der Waals surface area (Å²) in [7, 11) is 0. The molecular weight excluding hydrogens is 791 g/mol. The van der Waals surface area contributed by atoms with Crippen molar-refractivity contribution >= 4 is 11.9 Å². The molecule has 0 spiro atoms. The van der Waals surface area contributed by atoms with Crippen LogP contribution < -0.4 is 5.32 Å². The van der Waals surface area contributed by atoms with Crippen molar-refractivity contribution in [1.29, 1.82) is 0 Å². The van der Waals surface area contributed by atoms with Crippen molar-refractivity contribution in [3.05, 3.63) is 60.8 Å². The number of hydrogen-bond acceptors (Lipinski definition) is 5. The topological polar surface area (TPSA) is 95.9 Å². The average molecular weight is 896 g/mol. The van der Waals surface area contributed by atoms with E-state index in [2.05, 4.69) is 86.8 Å². The van der Waals surface area contributed by atoms with Gasteiger partial charge < -0.3 is 20.3 Å². The molecule has 0 saturated carbocycles. The molecule has 0 bridgehead atoms. The molecule has 3 atom stereocenters. The Morgan fingerprint density at radius 1 is 0.469 bits per heavy atom. The van der Waals surface area contributed by atoms with Gasteiger partial charge in [-0.2, -0.15) is 0 Å². The molecule has 1 amide bonds. The zero-order valence-electron chi connectivity index (χ0n) is 42.4. The zero-order chi connectivity index (χ0) is 46.7. The van der Waals surface area contributed by atoms with Crippen molar-refractivity contribution < 1.29 is 24.5 Å². The Kier molecular flexibility index (Phi) is 49.6. The molecule has 6 nitrogen and oxygen atoms in total. The number of carbonyl (C=O) groups excluding carboxylic acids is 2. The summed E-state index contributed by atoms with van der Waals surface area (Å²) in [5, 5.41) is 23.8. The molecule has 0 saturated heterocycles. The van der Waals surface area contributed by atoms with E-state index in [1.807, 2.05) is 0 Å². The molecule has 6 heteroatoms. The first-order valence-corrected chi connectivity index (χ1v) is 27.5. The number of aliphatic hydroxyl groups is 2. The summed E-state index contributed by atoms with van der Waals surface area (Å²) >= 11 is 0. The molecule has 0 radical (unpaired) electrons. The first kappa shape index (κ1) is 61.6. The molecule has 372 valence electrons. The predicted molar refractivity (Wildman–Crippen MR) is 278 cm³/mol. The highest BCUT2D eigenvalue weighted by Gasteiger charge is 2.24. The maximum Gasteiger partial charge on any atom is 0.306 e. The molecule has 0 aromatic heterocycles. The Hall–Kier alpha value is -2.44. The van der Waals surface area contributed by atoms with Crippen LogP contribution in [-0.2, 0) is 14.3 Å². The lowest BCUT2D eigenvalue weighted by Gasteiger charge is -2.24. The lowest BCUT2D eigenvalue weighted by Crippen LogP contribution is -2.46. The molecule has 64 heavy (non-hydrogen) atoms. The number of nitrogens with one attached hydrogen (secondary N) is 1. The van der Waals surface area contributed by atoms with Crippen molar-refractivity contribution in [2.24, 2.45) is 0 Å². The summed E-state index contributed by atoms with van der Waals surface area (Å²) in [5.41, 5.74) is 0. The molecule has 0 aliphatic carbocycles. The smallest absolute Gasteiger partial charge is 0.306 e. The fraction of sp³-hybridized carbons (Fsp3) is 0.793. The molecule has 3 unspecified atom stereocenters. The summed E-state index contributed by atoms with van der Waals surface area (Å²) in [6, 6.07) is -0.712. The van der Waals surface area contributed by atoms with E-state index in [0.717, 1.165) is 96.3 Å². The largest absolute Gasteiger partial charge is 0.462 e. The SMILES string of the molecule is CC/C=C/C/C=C/C/C=C/C/C=C/CCCCCC(=O)OC(CCCCCCC/C=C/CCCCCCCC)CC(=O)NC(CO)C(O)CCCCCCCCCCCCCCCC. The quantitative estimate of drug-likeness (QED) is 0.0321. The highest BCUT2D eigenvalue weighted by Crippen LogP contribution is 2.18. The summed E-state index contributed by atoms with van der Waals surface area (Å²) in [4.78, 5) is 26.2. The van der Waals surface area contributed by atoms with Gasteiger partial charge in [-0.25, -0.2) is 0 Å². The van der Waals surface area contributed by atoms with Crippen LogP contribution in [0.25, 0.3) is 0 Å². The van der Waals surface area contributed by atoms with Crippen LogP contribution in [0.15, 0.2) is 60.8 Å². The average Bonchev–Trinajstić information content (AvgIpc) is 3.29. The number of esters is 1. The van der Waals surface area contributed by atoms with Crippen molar-refractivity contribution in [2.75, 3.05) is 6.61 Å². The third-order valence-corrected chi connectivity index (χ3v) is 12.3. The lowest BCUT2D eigenvalue weighted by atomic mass is 10.0. The molecule has 0 fully saturated rings. The zero-order valence-corrected chi connectivity index (χ0v) is 42.4. The number of carbonyl (C=O) groups is 2. The second-order valence-electron chi connectivity index (χ2n) is 18.6. The molecule has 0 aromatic rings. The van der Waals surface area contributed by atoms with Gasteiger partial charge in [-0.15, -0.1) is 0 Å². The summed E-state index contributed by atoms with van der Waals surface area (Å²) in [6.45, 7) is 6.37. The standard InChI is InChI=1S/C58H105NO5/c1-4-7-10-13-16-19-22-25-28-30-33-36-39-42-45-48-51-58(63)64-54(49-46-43-40-37-34-31-29-26-23-20-17-14-11-8-5-2)52-57(62)59-55(53-60)56(61)50-47-44-41-38-35-32-27-24-21-18-15-12-9-6-3/h7,10,16,19,25-26,28-29,33,36,54-56,60-61H,4-6,8-9,11-15,17-18,20-24,27,30-32,34-35,37-53H2,1-3H3,(H,59,62)/b10-7+,19-16+,28-25+,29-26+,36-33+. The van der Waals surface area contributed by atoms with Crippen LogP contribution >= 0.6 is 0 Å². The fourth-order valence-electron chi connectivity index (χ4n) is 8.18. The second kappa shape index (κ2) is 51.5. The fourth-order valence-corrected chi connectivity index (χ4v) is 8.18. The van der Waals surface area contributed by atoms with Gasteiger partial charge in [-0.3, -0.25) is 9.59 Å². The van der Waals surface area contributed by atoms with Crippen LogP contribution in [0.2, 0.25) is 0 Å². The second-order valence-corrected chi connectivity index (χ2v) is 18.6. The van der Waals surface area contributed by atoms with E-state index >= 15 is 0 Å². The minimum Gasteiger partial charge on any atom is -0.462 e. The molecule has 3 N–H and O–H groups in total. The van der Waals surface area contributed by atoms with E-state index < -0.39 is 18.2 Å². The highest BCUT2D eigenvalue weighted by atomic mass is 16.5. The Labute approximate surface area is 397 Å². The highest BCUT2D eigenvalue weighted by molar-refractivity contribution is 5.77. The Morgan fingerprint density at radius 2 is 0.844 bits per heavy atom. The van der Waals surface area contributed by atoms with E-state index in [1.54, 1.807) is 0 Å². The molecular formula is C58H105NO5. The van der Waals surface area contributed by atoms with Crippen LogP contribution in [0.5, 0.6) is 0 Å². The van der Waals surface area contributed by atoms with Crippen molar-refractivity contribution in [1.82, 2.24) is 5.32 Å². The van der Waals surface area contributed by atoms with E-state index in [1.165, 1.54) is 128 Å². The van der Waals surface area contributed by atoms with Crippen LogP contribution in [0.4, 0.5) is 0 Å². The van der Waals surface area contributed by atoms with Gasteiger partial charge >= 0.3 is 5.97 Å². The Morgan fingerprint density at radius 3 is 1.30 bits per heavy atom. The van der Waals surface area contributed by atoms with Crippen LogP contribution in [0.1, 0.15) is 271 Å². The van der Waals surface area contributed by atoms with Crippen molar-refractivity contribution in [3.8, 4) is 0 Å². The Balaban J connectivity index is 4.63. The minimum absolute atomic E-state index is 0.0586. The van der Waals surface area contributed by atoms with E-state index in [-0.39, 0.29) is 24.9 Å². The van der Waals surface area contributed by atoms with Crippen molar-refractivity contribution in [3.63, 3.8) is 0 Å². The Bertz CT molecular complexity index is 1140. The number of allylic oxidation sites excluding steroid dienone is 10. The third kappa shape index (κ3) is 46.1. The third-order valence-electron chi connectivity index (χ3n) is 12.3. The van der Waals surface area contributed by atoms with Crippen LogP contribution in [-0.4, -0.2) is 46.9 Å². The van der Waals surface area contributed by atoms with Gasteiger partial charge in [-0.05, 0) is 89.9 Å². The van der Waals surface area contributed by atoms with Gasteiger partial charge in [0.1, 0.15) is 6.10 Å². The van der Waals surface area contributed by atoms with Gasteiger partial charge in [0.05, 0.1) is 25.2 Å². The number of amides is 1. The molecule has 0 heterocycles. The van der Waals surface area contributed by atoms with Gasteiger partial charge in [0.25, 0.3) is 0 Å². The minimum atomic E-state index is -0.797. The predicted octanol–water partition coefficient (Wildman–Crippen LogP) is 16.8. The van der Waals surface area contributed by atoms with Crippen molar-refractivity contribution in [2.45, 2.75) is 289 Å². The number of unbranched alkanes of at least 4 members (excludes halogenated alkanes) is 27. The summed E-state index contributed by atoms with van der Waals surface area (Å²) in [5.74, 6) is -0.513. The maximum absolute atomic E-state index is 13.2. The molecule has 0 aromatic carbocycles. The number of hydrogen-bond donors (Lipinski definition) is 3. The normalized spacial score (nSPS) is 13.6. The first-order chi connectivity index (χ1) is 31.5. The van der Waals surface area contributed by atoms with Gasteiger partial charge in [0.2, 0.25) is 5.91 Å². The number of rotatable bonds is 49. The van der Waals surface area contributed by atoms with E-state index in [0.29, 0.717) is 19.3 Å². The monoisotopic (exact) mass is 896 g/mol. The number of ether oxygens (including phenoxy) is 1. The summed E-state index contributed by atoms with van der Waals surface area (Å²) < 4.78 is 5.93. The summed E-state index contributed by atoms with van der Waals surface area (Å²) in [6.07, 6.45) is 64.2. The van der Waals surface area contributed by atoms with Crippen LogP contribution in [0.3, 0.4) is 0 Å². The van der Waals surface area contributed by atoms with E-state index in [4.69, 9.17) is 4.74 Å². The van der Waals surface area contributed by atoms with Gasteiger partial charge in [0, 0.05) is 6.42 Å². The first-order valence-electron chi connectivity index (χ1n) is 27.5. The molecule has 0 aliphatic rings. The van der Waals surface area contributed by atoms with Gasteiger partial charge in [-0.1, -0.05) is 229 Å². The molecule has 0 rings (SSSR count). The van der Waals surface area contributed by atoms with E-state index in [9.17, 15) is 19.8 Å².